The molecule has 3 rings (SSSR count). The van der Waals surface area contributed by atoms with Crippen LogP contribution in [0.15, 0.2) is 33.9 Å². The lowest BCUT2D eigenvalue weighted by molar-refractivity contribution is -0.134. The number of nitrogens with one attached hydrogen (secondary N) is 1. The summed E-state index contributed by atoms with van der Waals surface area (Å²) in [6.45, 7) is 8.36. The largest absolute Gasteiger partial charge is 0.356 e. The topological polar surface area (TPSA) is 93.4 Å². The monoisotopic (exact) mass is 456 g/mol. The summed E-state index contributed by atoms with van der Waals surface area (Å²) < 4.78 is 2.57. The van der Waals surface area contributed by atoms with Crippen molar-refractivity contribution in [2.45, 2.75) is 66.0 Å². The Morgan fingerprint density at radius 3 is 2.42 bits per heavy atom. The van der Waals surface area contributed by atoms with Crippen molar-refractivity contribution in [2.24, 2.45) is 11.8 Å². The highest BCUT2D eigenvalue weighted by Crippen LogP contribution is 2.21. The first kappa shape index (κ1) is 24.7. The van der Waals surface area contributed by atoms with E-state index in [1.54, 1.807) is 24.3 Å². The molecule has 1 saturated heterocycles. The van der Waals surface area contributed by atoms with Crippen molar-refractivity contribution in [3.8, 4) is 0 Å². The fourth-order valence-corrected chi connectivity index (χ4v) is 4.71. The smallest absolute Gasteiger partial charge is 0.331 e. The number of unbranched alkanes of at least 4 members (excludes halogenated alkanes) is 1. The molecule has 2 heterocycles. The van der Waals surface area contributed by atoms with Gasteiger partial charge in [-0.3, -0.25) is 23.5 Å². The molecule has 0 unspecified atom stereocenters. The number of piperidine rings is 1. The van der Waals surface area contributed by atoms with Gasteiger partial charge in [-0.25, -0.2) is 4.79 Å². The molecule has 8 heteroatoms. The average molecular weight is 457 g/mol. The molecule has 180 valence electrons. The lowest BCUT2D eigenvalue weighted by Gasteiger charge is -2.35. The van der Waals surface area contributed by atoms with Crippen LogP contribution in [0.3, 0.4) is 0 Å². The van der Waals surface area contributed by atoms with E-state index in [2.05, 4.69) is 26.1 Å². The molecule has 1 fully saturated rings. The first-order valence-corrected chi connectivity index (χ1v) is 12.1. The quantitative estimate of drug-likeness (QED) is 0.586. The van der Waals surface area contributed by atoms with Crippen molar-refractivity contribution in [1.82, 2.24) is 19.4 Å². The zero-order chi connectivity index (χ0) is 24.0. The number of benzene rings is 1. The number of amides is 2. The summed E-state index contributed by atoms with van der Waals surface area (Å²) in [5, 5.41) is 3.25. The Morgan fingerprint density at radius 1 is 1.03 bits per heavy atom. The number of likely N-dealkylation sites (tertiary alicyclic amines) is 1. The number of rotatable bonds is 9. The molecule has 2 atom stereocenters. The van der Waals surface area contributed by atoms with Gasteiger partial charge in [-0.05, 0) is 43.2 Å². The SMILES string of the molecule is CCCCNC(=O)CCCn1c(=O)c2ccccc2n(CC(=O)N2C[C@H](C)C[C@H](C)C2)c1=O. The molecule has 1 aromatic heterocycles. The lowest BCUT2D eigenvalue weighted by Crippen LogP contribution is -2.47. The van der Waals surface area contributed by atoms with E-state index in [9.17, 15) is 19.2 Å². The van der Waals surface area contributed by atoms with E-state index < -0.39 is 5.69 Å². The maximum Gasteiger partial charge on any atom is 0.331 e. The highest BCUT2D eigenvalue weighted by Gasteiger charge is 2.26. The summed E-state index contributed by atoms with van der Waals surface area (Å²) in [5.74, 6) is 0.648. The summed E-state index contributed by atoms with van der Waals surface area (Å²) in [7, 11) is 0. The third-order valence-electron chi connectivity index (χ3n) is 6.29. The number of carbonyl (C=O) groups is 2. The molecule has 0 radical (unpaired) electrons. The number of para-hydroxylation sites is 1. The number of aromatic nitrogens is 2. The van der Waals surface area contributed by atoms with Gasteiger partial charge in [0.05, 0.1) is 10.9 Å². The molecule has 1 N–H and O–H groups in total. The minimum absolute atomic E-state index is 0.0823. The zero-order valence-corrected chi connectivity index (χ0v) is 20.0. The van der Waals surface area contributed by atoms with Gasteiger partial charge in [-0.15, -0.1) is 0 Å². The first-order valence-electron chi connectivity index (χ1n) is 12.1. The third-order valence-corrected chi connectivity index (χ3v) is 6.29. The van der Waals surface area contributed by atoms with E-state index in [4.69, 9.17) is 0 Å². The second-order valence-corrected chi connectivity index (χ2v) is 9.39. The van der Waals surface area contributed by atoms with Crippen LogP contribution in [0.1, 0.15) is 52.9 Å². The van der Waals surface area contributed by atoms with Crippen molar-refractivity contribution in [3.05, 3.63) is 45.1 Å². The maximum absolute atomic E-state index is 13.3. The first-order chi connectivity index (χ1) is 15.8. The molecule has 0 spiro atoms. The molecule has 1 aromatic carbocycles. The van der Waals surface area contributed by atoms with Gasteiger partial charge < -0.3 is 10.2 Å². The summed E-state index contributed by atoms with van der Waals surface area (Å²) in [5.41, 5.74) is -0.421. The number of hydrogen-bond donors (Lipinski definition) is 1. The van der Waals surface area contributed by atoms with Crippen LogP contribution in [0.4, 0.5) is 0 Å². The van der Waals surface area contributed by atoms with E-state index in [1.165, 1.54) is 4.57 Å². The lowest BCUT2D eigenvalue weighted by atomic mass is 9.92. The van der Waals surface area contributed by atoms with Crippen LogP contribution in [0.5, 0.6) is 0 Å². The van der Waals surface area contributed by atoms with Crippen LogP contribution < -0.4 is 16.6 Å². The van der Waals surface area contributed by atoms with Crippen LogP contribution in [-0.4, -0.2) is 45.5 Å². The van der Waals surface area contributed by atoms with E-state index >= 15 is 0 Å². The van der Waals surface area contributed by atoms with E-state index in [1.807, 2.05) is 4.90 Å². The molecule has 0 aliphatic carbocycles. The fraction of sp³-hybridized carbons (Fsp3) is 0.600. The van der Waals surface area contributed by atoms with Crippen molar-refractivity contribution in [1.29, 1.82) is 0 Å². The molecule has 1 aliphatic rings. The van der Waals surface area contributed by atoms with Gasteiger partial charge in [-0.2, -0.15) is 0 Å². The molecule has 0 bridgehead atoms. The van der Waals surface area contributed by atoms with Crippen LogP contribution in [-0.2, 0) is 22.7 Å². The summed E-state index contributed by atoms with van der Waals surface area (Å²) >= 11 is 0. The predicted molar refractivity (Wildman–Crippen MR) is 129 cm³/mol. The van der Waals surface area contributed by atoms with Crippen molar-refractivity contribution in [2.75, 3.05) is 19.6 Å². The molecule has 33 heavy (non-hydrogen) atoms. The van der Waals surface area contributed by atoms with Gasteiger partial charge in [0.1, 0.15) is 6.54 Å². The average Bonchev–Trinajstić information content (AvgIpc) is 2.78. The number of fused-ring (bicyclic) bond motifs is 1. The molecule has 2 amide bonds. The Hall–Kier alpha value is -2.90. The standard InChI is InChI=1S/C25H36N4O4/c1-4-5-12-26-22(30)11-8-13-28-24(32)20-9-6-7-10-21(20)29(25(28)33)17-23(31)27-15-18(2)14-19(3)16-27/h6-7,9-10,18-19H,4-5,8,11-17H2,1-3H3,(H,26,30)/t18-,19+. The maximum atomic E-state index is 13.3. The second kappa shape index (κ2) is 11.3. The molecular formula is C25H36N4O4. The summed E-state index contributed by atoms with van der Waals surface area (Å²) in [6.07, 6.45) is 3.62. The highest BCUT2D eigenvalue weighted by molar-refractivity contribution is 5.81. The summed E-state index contributed by atoms with van der Waals surface area (Å²) in [6, 6.07) is 6.90. The third kappa shape index (κ3) is 6.12. The summed E-state index contributed by atoms with van der Waals surface area (Å²) in [4.78, 5) is 53.2. The van der Waals surface area contributed by atoms with Gasteiger partial charge in [0, 0.05) is 32.6 Å². The van der Waals surface area contributed by atoms with Crippen LogP contribution in [0, 0.1) is 11.8 Å². The van der Waals surface area contributed by atoms with E-state index in [0.717, 1.165) is 23.8 Å². The number of nitrogens with zero attached hydrogens (tertiary/aromatic N) is 3. The van der Waals surface area contributed by atoms with Gasteiger partial charge in [0.15, 0.2) is 0 Å². The predicted octanol–water partition coefficient (Wildman–Crippen LogP) is 2.36. The minimum atomic E-state index is -0.503. The normalized spacial score (nSPS) is 18.5. The van der Waals surface area contributed by atoms with Crippen molar-refractivity contribution >= 4 is 22.7 Å². The van der Waals surface area contributed by atoms with Crippen LogP contribution in [0.25, 0.3) is 10.9 Å². The fourth-order valence-electron chi connectivity index (χ4n) is 4.71. The van der Waals surface area contributed by atoms with Crippen molar-refractivity contribution in [3.63, 3.8) is 0 Å². The van der Waals surface area contributed by atoms with Gasteiger partial charge in [0.25, 0.3) is 5.56 Å². The molecule has 0 saturated carbocycles. The Balaban J connectivity index is 1.83. The molecule has 2 aromatic rings. The number of hydrogen-bond acceptors (Lipinski definition) is 4. The Labute approximate surface area is 194 Å². The Morgan fingerprint density at radius 2 is 1.73 bits per heavy atom. The Bertz CT molecular complexity index is 1090. The number of carbonyl (C=O) groups excluding carboxylic acids is 2. The van der Waals surface area contributed by atoms with E-state index in [-0.39, 0.29) is 36.9 Å². The van der Waals surface area contributed by atoms with E-state index in [0.29, 0.717) is 48.8 Å². The zero-order valence-electron chi connectivity index (χ0n) is 20.0. The van der Waals surface area contributed by atoms with Crippen LogP contribution in [0.2, 0.25) is 0 Å². The van der Waals surface area contributed by atoms with Crippen molar-refractivity contribution < 1.29 is 9.59 Å². The van der Waals surface area contributed by atoms with Gasteiger partial charge in [0.2, 0.25) is 11.8 Å². The van der Waals surface area contributed by atoms with Gasteiger partial charge in [-0.1, -0.05) is 39.3 Å². The second-order valence-electron chi connectivity index (χ2n) is 9.39. The Kier molecular flexibility index (Phi) is 8.47. The minimum Gasteiger partial charge on any atom is -0.356 e. The van der Waals surface area contributed by atoms with Crippen LogP contribution >= 0.6 is 0 Å². The molecule has 8 nitrogen and oxygen atoms in total. The highest BCUT2D eigenvalue weighted by atomic mass is 16.2. The van der Waals surface area contributed by atoms with Gasteiger partial charge >= 0.3 is 5.69 Å². The molecule has 1 aliphatic heterocycles. The molecular weight excluding hydrogens is 420 g/mol.